The van der Waals surface area contributed by atoms with Crippen LogP contribution in [0.3, 0.4) is 0 Å². The van der Waals surface area contributed by atoms with Crippen LogP contribution in [-0.4, -0.2) is 24.8 Å². The average Bonchev–Trinajstić information content (AvgIpc) is 2.26. The number of methoxy groups -OCH3 is 1. The van der Waals surface area contributed by atoms with Crippen LogP contribution in [-0.2, 0) is 9.53 Å². The first kappa shape index (κ1) is 13.7. The molecule has 0 spiro atoms. The molecule has 1 aromatic carbocycles. The predicted octanol–water partition coefficient (Wildman–Crippen LogP) is 2.93. The van der Waals surface area contributed by atoms with E-state index < -0.39 is 11.9 Å². The van der Waals surface area contributed by atoms with Gasteiger partial charge in [-0.3, -0.25) is 4.79 Å². The maximum absolute atomic E-state index is 11.2. The predicted molar refractivity (Wildman–Crippen MR) is 67.5 cm³/mol. The molecule has 0 heterocycles. The maximum Gasteiger partial charge on any atom is 0.313 e. The van der Waals surface area contributed by atoms with Crippen molar-refractivity contribution in [2.75, 3.05) is 13.7 Å². The number of carboxylic acid groups (broad SMARTS) is 1. The lowest BCUT2D eigenvalue weighted by Gasteiger charge is -2.17. The Bertz CT molecular complexity index is 396. The zero-order chi connectivity index (χ0) is 13.0. The molecule has 1 atom stereocenters. The lowest BCUT2D eigenvalue weighted by molar-refractivity contribution is -0.140. The highest BCUT2D eigenvalue weighted by molar-refractivity contribution is 5.77. The highest BCUT2D eigenvalue weighted by Gasteiger charge is 2.22. The van der Waals surface area contributed by atoms with Gasteiger partial charge in [-0.1, -0.05) is 32.0 Å². The summed E-state index contributed by atoms with van der Waals surface area (Å²) in [5.41, 5.74) is 3.01. The molecule has 0 aliphatic rings. The van der Waals surface area contributed by atoms with E-state index in [2.05, 4.69) is 19.9 Å². The number of aliphatic carboxylic acids is 1. The van der Waals surface area contributed by atoms with Gasteiger partial charge in [-0.25, -0.2) is 0 Å². The van der Waals surface area contributed by atoms with Gasteiger partial charge in [0.1, 0.15) is 5.92 Å². The van der Waals surface area contributed by atoms with Crippen molar-refractivity contribution in [2.45, 2.75) is 32.6 Å². The average molecular weight is 236 g/mol. The third-order valence-electron chi connectivity index (χ3n) is 2.98. The second-order valence-corrected chi connectivity index (χ2v) is 4.62. The van der Waals surface area contributed by atoms with Crippen molar-refractivity contribution in [3.8, 4) is 0 Å². The Morgan fingerprint density at radius 1 is 1.41 bits per heavy atom. The van der Waals surface area contributed by atoms with E-state index in [0.717, 1.165) is 16.7 Å². The fraction of sp³-hybridized carbons (Fsp3) is 0.500. The lowest BCUT2D eigenvalue weighted by atomic mass is 9.90. The van der Waals surface area contributed by atoms with Gasteiger partial charge in [-0.15, -0.1) is 0 Å². The molecule has 17 heavy (non-hydrogen) atoms. The third-order valence-corrected chi connectivity index (χ3v) is 2.98. The number of carbonyl (C=O) groups is 1. The number of hydrogen-bond acceptors (Lipinski definition) is 2. The van der Waals surface area contributed by atoms with Gasteiger partial charge < -0.3 is 9.84 Å². The van der Waals surface area contributed by atoms with Gasteiger partial charge in [0.15, 0.2) is 0 Å². The monoisotopic (exact) mass is 236 g/mol. The van der Waals surface area contributed by atoms with Crippen LogP contribution in [0.25, 0.3) is 0 Å². The minimum atomic E-state index is -0.837. The lowest BCUT2D eigenvalue weighted by Crippen LogP contribution is -2.18. The van der Waals surface area contributed by atoms with Crippen LogP contribution in [0.15, 0.2) is 18.2 Å². The number of ether oxygens (including phenoxy) is 1. The zero-order valence-electron chi connectivity index (χ0n) is 10.9. The molecule has 1 aromatic rings. The van der Waals surface area contributed by atoms with Crippen LogP contribution >= 0.6 is 0 Å². The van der Waals surface area contributed by atoms with Crippen LogP contribution in [0.1, 0.15) is 42.4 Å². The molecule has 0 aliphatic heterocycles. The first-order valence-electron chi connectivity index (χ1n) is 5.79. The van der Waals surface area contributed by atoms with Gasteiger partial charge in [-0.05, 0) is 29.5 Å². The zero-order valence-corrected chi connectivity index (χ0v) is 10.9. The van der Waals surface area contributed by atoms with Crippen LogP contribution in [0.5, 0.6) is 0 Å². The molecule has 0 bridgehead atoms. The molecule has 0 radical (unpaired) electrons. The first-order chi connectivity index (χ1) is 7.97. The summed E-state index contributed by atoms with van der Waals surface area (Å²) < 4.78 is 4.99. The SMILES string of the molecule is COCC(C(=O)O)c1cc(C(C)C)ccc1C. The highest BCUT2D eigenvalue weighted by atomic mass is 16.5. The van der Waals surface area contributed by atoms with E-state index in [1.807, 2.05) is 19.1 Å². The fourth-order valence-corrected chi connectivity index (χ4v) is 1.85. The van der Waals surface area contributed by atoms with Crippen molar-refractivity contribution in [3.05, 3.63) is 34.9 Å². The van der Waals surface area contributed by atoms with Gasteiger partial charge in [0.2, 0.25) is 0 Å². The summed E-state index contributed by atoms with van der Waals surface area (Å²) in [6.45, 7) is 6.34. The molecular formula is C14H20O3. The molecule has 1 unspecified atom stereocenters. The molecule has 3 nitrogen and oxygen atoms in total. The van der Waals surface area contributed by atoms with Gasteiger partial charge in [0.05, 0.1) is 6.61 Å². The summed E-state index contributed by atoms with van der Waals surface area (Å²) in [7, 11) is 1.53. The molecule has 0 aromatic heterocycles. The van der Waals surface area contributed by atoms with E-state index in [4.69, 9.17) is 4.74 Å². The summed E-state index contributed by atoms with van der Waals surface area (Å²) in [5.74, 6) is -1.03. The molecule has 1 rings (SSSR count). The van der Waals surface area contributed by atoms with Crippen LogP contribution in [0, 0.1) is 6.92 Å². The largest absolute Gasteiger partial charge is 0.481 e. The van der Waals surface area contributed by atoms with Crippen molar-refractivity contribution < 1.29 is 14.6 Å². The minimum Gasteiger partial charge on any atom is -0.481 e. The van der Waals surface area contributed by atoms with Crippen molar-refractivity contribution in [1.29, 1.82) is 0 Å². The Kier molecular flexibility index (Phi) is 4.70. The van der Waals surface area contributed by atoms with E-state index >= 15 is 0 Å². The van der Waals surface area contributed by atoms with E-state index in [1.54, 1.807) is 0 Å². The molecule has 0 saturated carbocycles. The second kappa shape index (κ2) is 5.82. The normalized spacial score (nSPS) is 12.8. The van der Waals surface area contributed by atoms with Crippen molar-refractivity contribution in [2.24, 2.45) is 0 Å². The highest BCUT2D eigenvalue weighted by Crippen LogP contribution is 2.25. The minimum absolute atomic E-state index is 0.206. The molecule has 3 heteroatoms. The van der Waals surface area contributed by atoms with Crippen molar-refractivity contribution in [1.82, 2.24) is 0 Å². The van der Waals surface area contributed by atoms with E-state index in [0.29, 0.717) is 5.92 Å². The Balaban J connectivity index is 3.16. The van der Waals surface area contributed by atoms with E-state index in [1.165, 1.54) is 7.11 Å². The first-order valence-corrected chi connectivity index (χ1v) is 5.79. The van der Waals surface area contributed by atoms with Crippen molar-refractivity contribution >= 4 is 5.97 Å². The fourth-order valence-electron chi connectivity index (χ4n) is 1.85. The molecule has 0 saturated heterocycles. The summed E-state index contributed by atoms with van der Waals surface area (Å²) >= 11 is 0. The Labute approximate surface area is 102 Å². The topological polar surface area (TPSA) is 46.5 Å². The van der Waals surface area contributed by atoms with Gasteiger partial charge >= 0.3 is 5.97 Å². The molecule has 0 aliphatic carbocycles. The summed E-state index contributed by atoms with van der Waals surface area (Å²) in [5, 5.41) is 9.23. The Hall–Kier alpha value is -1.35. The molecule has 1 N–H and O–H groups in total. The number of carboxylic acids is 1. The Morgan fingerprint density at radius 2 is 2.06 bits per heavy atom. The quantitative estimate of drug-likeness (QED) is 0.855. The van der Waals surface area contributed by atoms with Crippen LogP contribution in [0.2, 0.25) is 0 Å². The van der Waals surface area contributed by atoms with E-state index in [9.17, 15) is 9.90 Å². The van der Waals surface area contributed by atoms with Gasteiger partial charge in [-0.2, -0.15) is 0 Å². The number of aryl methyl sites for hydroxylation is 1. The molecule has 0 amide bonds. The Morgan fingerprint density at radius 3 is 2.53 bits per heavy atom. The summed E-state index contributed by atoms with van der Waals surface area (Å²) in [4.78, 5) is 11.2. The standard InChI is InChI=1S/C14H20O3/c1-9(2)11-6-5-10(3)12(7-11)13(8-17-4)14(15)16/h5-7,9,13H,8H2,1-4H3,(H,15,16). The smallest absolute Gasteiger partial charge is 0.313 e. The van der Waals surface area contributed by atoms with E-state index in [-0.39, 0.29) is 6.61 Å². The molecule has 94 valence electrons. The second-order valence-electron chi connectivity index (χ2n) is 4.62. The van der Waals surface area contributed by atoms with Gasteiger partial charge in [0, 0.05) is 7.11 Å². The molecule has 0 fully saturated rings. The van der Waals surface area contributed by atoms with Crippen LogP contribution < -0.4 is 0 Å². The van der Waals surface area contributed by atoms with Gasteiger partial charge in [0.25, 0.3) is 0 Å². The third kappa shape index (κ3) is 3.30. The number of benzene rings is 1. The summed E-state index contributed by atoms with van der Waals surface area (Å²) in [6, 6.07) is 6.02. The summed E-state index contributed by atoms with van der Waals surface area (Å²) in [6.07, 6.45) is 0. The number of hydrogen-bond donors (Lipinski definition) is 1. The maximum atomic E-state index is 11.2. The van der Waals surface area contributed by atoms with Crippen LogP contribution in [0.4, 0.5) is 0 Å². The van der Waals surface area contributed by atoms with Crippen molar-refractivity contribution in [3.63, 3.8) is 0 Å². The number of rotatable bonds is 5. The molecular weight excluding hydrogens is 216 g/mol.